The van der Waals surface area contributed by atoms with Gasteiger partial charge in [-0.3, -0.25) is 0 Å². The molecular weight excluding hydrogens is 480 g/mol. The Kier molecular flexibility index (Phi) is 7.37. The van der Waals surface area contributed by atoms with Crippen LogP contribution in [0, 0.1) is 20.8 Å². The van der Waals surface area contributed by atoms with Gasteiger partial charge < -0.3 is 19.1 Å². The Hall–Kier alpha value is -3.37. The van der Waals surface area contributed by atoms with Gasteiger partial charge in [-0.05, 0) is 73.9 Å². The molecule has 0 bridgehead atoms. The lowest BCUT2D eigenvalue weighted by molar-refractivity contribution is 0.382. The van der Waals surface area contributed by atoms with Crippen LogP contribution in [-0.2, 0) is 10.0 Å². The predicted molar refractivity (Wildman–Crippen MR) is 139 cm³/mol. The summed E-state index contributed by atoms with van der Waals surface area (Å²) in [5.74, 6) is 2.80. The molecule has 1 saturated heterocycles. The van der Waals surface area contributed by atoms with E-state index in [0.29, 0.717) is 59.6 Å². The van der Waals surface area contributed by atoms with E-state index in [0.717, 1.165) is 22.4 Å². The third kappa shape index (κ3) is 4.70. The van der Waals surface area contributed by atoms with Gasteiger partial charge >= 0.3 is 0 Å². The van der Waals surface area contributed by atoms with Crippen molar-refractivity contribution in [2.45, 2.75) is 25.7 Å². The molecule has 0 unspecified atom stereocenters. The molecule has 0 spiro atoms. The second-order valence-corrected chi connectivity index (χ2v) is 10.6. The van der Waals surface area contributed by atoms with Gasteiger partial charge in [-0.15, -0.1) is 10.2 Å². The lowest BCUT2D eigenvalue weighted by atomic mass is 10.1. The zero-order valence-electron chi connectivity index (χ0n) is 21.5. The molecule has 192 valence electrons. The Morgan fingerprint density at radius 3 is 2.11 bits per heavy atom. The zero-order chi connectivity index (χ0) is 26.0. The van der Waals surface area contributed by atoms with Gasteiger partial charge in [0.1, 0.15) is 17.2 Å². The molecule has 0 radical (unpaired) electrons. The highest BCUT2D eigenvalue weighted by atomic mass is 32.2. The summed E-state index contributed by atoms with van der Waals surface area (Å²) >= 11 is 0. The van der Waals surface area contributed by atoms with E-state index in [1.807, 2.05) is 56.0 Å². The summed E-state index contributed by atoms with van der Waals surface area (Å²) in [4.78, 5) is 2.38. The topological polar surface area (TPSA) is 94.1 Å². The molecule has 36 heavy (non-hydrogen) atoms. The highest BCUT2D eigenvalue weighted by Crippen LogP contribution is 2.34. The van der Waals surface area contributed by atoms with Crippen LogP contribution in [0.2, 0.25) is 0 Å². The molecule has 0 aliphatic carbocycles. The Labute approximate surface area is 212 Å². The van der Waals surface area contributed by atoms with E-state index in [4.69, 9.17) is 14.2 Å². The molecular formula is C26H32N4O5S. The highest BCUT2D eigenvalue weighted by molar-refractivity contribution is 7.89. The maximum atomic E-state index is 13.5. The number of ether oxygens (including phenoxy) is 3. The molecule has 1 aliphatic rings. The van der Waals surface area contributed by atoms with Gasteiger partial charge in [0.25, 0.3) is 0 Å². The molecule has 1 fully saturated rings. The van der Waals surface area contributed by atoms with Gasteiger partial charge in [-0.2, -0.15) is 4.31 Å². The Morgan fingerprint density at radius 1 is 0.806 bits per heavy atom. The van der Waals surface area contributed by atoms with Crippen molar-refractivity contribution in [2.24, 2.45) is 0 Å². The van der Waals surface area contributed by atoms with Crippen LogP contribution in [0.25, 0.3) is 11.3 Å². The molecule has 3 aromatic rings. The first-order chi connectivity index (χ1) is 17.2. The molecule has 1 aromatic heterocycles. The molecule has 1 aliphatic heterocycles. The molecule has 0 amide bonds. The Bertz CT molecular complexity index is 1350. The average molecular weight is 513 g/mol. The lowest BCUT2D eigenvalue weighted by Crippen LogP contribution is -2.49. The number of methoxy groups -OCH3 is 3. The van der Waals surface area contributed by atoms with Gasteiger partial charge in [0.2, 0.25) is 10.0 Å². The fraction of sp³-hybridized carbons (Fsp3) is 0.385. The summed E-state index contributed by atoms with van der Waals surface area (Å²) in [6, 6.07) is 11.0. The summed E-state index contributed by atoms with van der Waals surface area (Å²) in [5.41, 5.74) is 3.82. The van der Waals surface area contributed by atoms with Gasteiger partial charge in [-0.1, -0.05) is 0 Å². The number of piperazine rings is 1. The van der Waals surface area contributed by atoms with Crippen molar-refractivity contribution in [2.75, 3.05) is 52.4 Å². The van der Waals surface area contributed by atoms with E-state index in [-0.39, 0.29) is 0 Å². The van der Waals surface area contributed by atoms with Gasteiger partial charge in [0.05, 0.1) is 31.9 Å². The Balaban J connectivity index is 1.50. The smallest absolute Gasteiger partial charge is 0.243 e. The summed E-state index contributed by atoms with van der Waals surface area (Å²) in [7, 11) is 1.18. The normalized spacial score (nSPS) is 14.6. The van der Waals surface area contributed by atoms with E-state index < -0.39 is 10.0 Å². The SMILES string of the molecule is COc1ccc(OC)c(-c2ccc(N3CCN(S(=O)(=O)c4cc(C)c(OC)c(C)c4C)CC3)nn2)c1. The fourth-order valence-corrected chi connectivity index (χ4v) is 6.34. The minimum atomic E-state index is -3.64. The fourth-order valence-electron chi connectivity index (χ4n) is 4.55. The van der Waals surface area contributed by atoms with Crippen LogP contribution in [0.5, 0.6) is 17.2 Å². The third-order valence-corrected chi connectivity index (χ3v) is 8.72. The number of hydrogen-bond acceptors (Lipinski definition) is 8. The largest absolute Gasteiger partial charge is 0.497 e. The van der Waals surface area contributed by atoms with Crippen LogP contribution in [0.3, 0.4) is 0 Å². The van der Waals surface area contributed by atoms with E-state index in [1.54, 1.807) is 31.7 Å². The van der Waals surface area contributed by atoms with Crippen molar-refractivity contribution in [1.29, 1.82) is 0 Å². The maximum absolute atomic E-state index is 13.5. The number of rotatable bonds is 7. The van der Waals surface area contributed by atoms with Crippen molar-refractivity contribution in [3.8, 4) is 28.5 Å². The van der Waals surface area contributed by atoms with Gasteiger partial charge in [-0.25, -0.2) is 8.42 Å². The van der Waals surface area contributed by atoms with Crippen LogP contribution >= 0.6 is 0 Å². The third-order valence-electron chi connectivity index (χ3n) is 6.70. The summed E-state index contributed by atoms with van der Waals surface area (Å²) < 4.78 is 44.7. The highest BCUT2D eigenvalue weighted by Gasteiger charge is 2.31. The molecule has 0 saturated carbocycles. The monoisotopic (exact) mass is 512 g/mol. The van der Waals surface area contributed by atoms with Gasteiger partial charge in [0, 0.05) is 31.7 Å². The van der Waals surface area contributed by atoms with Crippen LogP contribution in [0.1, 0.15) is 16.7 Å². The minimum absolute atomic E-state index is 0.336. The standard InChI is InChI=1S/C26H32N4O5S/c1-17-15-24(18(2)19(3)26(17)35-6)36(31,32)30-13-11-29(12-14-30)25-10-8-22(27-28-25)21-16-20(33-4)7-9-23(21)34-5/h7-10,15-16H,11-14H2,1-6H3. The first-order valence-corrected chi connectivity index (χ1v) is 13.1. The number of sulfonamides is 1. The number of aromatic nitrogens is 2. The van der Waals surface area contributed by atoms with Crippen molar-refractivity contribution >= 4 is 15.8 Å². The number of aryl methyl sites for hydroxylation is 1. The minimum Gasteiger partial charge on any atom is -0.497 e. The number of hydrogen-bond donors (Lipinski definition) is 0. The molecule has 0 N–H and O–H groups in total. The number of benzene rings is 2. The number of anilines is 1. The lowest BCUT2D eigenvalue weighted by Gasteiger charge is -2.35. The first kappa shape index (κ1) is 25.7. The van der Waals surface area contributed by atoms with E-state index >= 15 is 0 Å². The van der Waals surface area contributed by atoms with Crippen molar-refractivity contribution in [3.63, 3.8) is 0 Å². The number of nitrogens with zero attached hydrogens (tertiary/aromatic N) is 4. The van der Waals surface area contributed by atoms with Crippen LogP contribution < -0.4 is 19.1 Å². The molecule has 9 nitrogen and oxygen atoms in total. The second-order valence-electron chi connectivity index (χ2n) is 8.71. The van der Waals surface area contributed by atoms with E-state index in [2.05, 4.69) is 10.2 Å². The second kappa shape index (κ2) is 10.3. The van der Waals surface area contributed by atoms with Crippen LogP contribution in [-0.4, -0.2) is 70.4 Å². The van der Waals surface area contributed by atoms with E-state index in [9.17, 15) is 8.42 Å². The summed E-state index contributed by atoms with van der Waals surface area (Å²) in [6.07, 6.45) is 0. The Morgan fingerprint density at radius 2 is 1.53 bits per heavy atom. The summed E-state index contributed by atoms with van der Waals surface area (Å²) in [6.45, 7) is 7.34. The first-order valence-electron chi connectivity index (χ1n) is 11.7. The van der Waals surface area contributed by atoms with Crippen LogP contribution in [0.4, 0.5) is 5.82 Å². The molecule has 4 rings (SSSR count). The van der Waals surface area contributed by atoms with Crippen LogP contribution in [0.15, 0.2) is 41.3 Å². The van der Waals surface area contributed by atoms with Crippen molar-refractivity contribution < 1.29 is 22.6 Å². The molecule has 0 atom stereocenters. The van der Waals surface area contributed by atoms with Crippen molar-refractivity contribution in [1.82, 2.24) is 14.5 Å². The predicted octanol–water partition coefficient (Wildman–Crippen LogP) is 3.61. The average Bonchev–Trinajstić information content (AvgIpc) is 2.90. The molecule has 2 heterocycles. The quantitative estimate of drug-likeness (QED) is 0.474. The zero-order valence-corrected chi connectivity index (χ0v) is 22.3. The van der Waals surface area contributed by atoms with Crippen molar-refractivity contribution in [3.05, 3.63) is 53.1 Å². The summed E-state index contributed by atoms with van der Waals surface area (Å²) in [5, 5.41) is 8.81. The van der Waals surface area contributed by atoms with E-state index in [1.165, 1.54) is 0 Å². The van der Waals surface area contributed by atoms with Gasteiger partial charge in [0.15, 0.2) is 5.82 Å². The molecule has 10 heteroatoms. The molecule has 2 aromatic carbocycles. The maximum Gasteiger partial charge on any atom is 0.243 e.